The molecular formula is C16H28O7S. The normalized spacial score (nSPS) is 19.9. The predicted octanol–water partition coefficient (Wildman–Crippen LogP) is 3.34. The molecule has 0 aliphatic heterocycles. The minimum Gasteiger partial charge on any atom is -0.481 e. The van der Waals surface area contributed by atoms with Crippen molar-refractivity contribution in [2.75, 3.05) is 0 Å². The number of carbonyl (C=O) groups excluding carboxylic acids is 1. The van der Waals surface area contributed by atoms with Crippen LogP contribution in [-0.4, -0.2) is 30.0 Å². The molecule has 2 aliphatic carbocycles. The van der Waals surface area contributed by atoms with Crippen LogP contribution in [0.1, 0.15) is 77.0 Å². The van der Waals surface area contributed by atoms with E-state index in [4.69, 9.17) is 9.66 Å². The maximum atomic E-state index is 10.3. The highest BCUT2D eigenvalue weighted by Gasteiger charge is 2.24. The summed E-state index contributed by atoms with van der Waals surface area (Å²) in [5, 5.41) is 8.04. The van der Waals surface area contributed by atoms with Gasteiger partial charge in [-0.1, -0.05) is 64.2 Å². The maximum absolute atomic E-state index is 10.3. The molecule has 0 amide bonds. The first-order chi connectivity index (χ1) is 11.3. The molecule has 8 heteroatoms. The van der Waals surface area contributed by atoms with Crippen LogP contribution in [0.4, 0.5) is 0 Å². The van der Waals surface area contributed by atoms with Crippen molar-refractivity contribution < 1.29 is 31.8 Å². The quantitative estimate of drug-likeness (QED) is 0.718. The molecule has 0 atom stereocenters. The molecule has 0 spiro atoms. The maximum Gasteiger partial charge on any atom is 0.448 e. The minimum absolute atomic E-state index is 0.547. The van der Waals surface area contributed by atoms with Gasteiger partial charge in [-0.25, -0.2) is 0 Å². The molecule has 0 radical (unpaired) electrons. The zero-order chi connectivity index (χ0) is 18.0. The Labute approximate surface area is 143 Å². The van der Waals surface area contributed by atoms with Crippen LogP contribution in [0.3, 0.4) is 0 Å². The third-order valence-electron chi connectivity index (χ3n) is 4.71. The van der Waals surface area contributed by atoms with E-state index in [1.807, 2.05) is 0 Å². The van der Waals surface area contributed by atoms with Gasteiger partial charge in [0, 0.05) is 0 Å². The molecule has 0 unspecified atom stereocenters. The molecule has 2 rings (SSSR count). The van der Waals surface area contributed by atoms with Gasteiger partial charge in [0.2, 0.25) is 0 Å². The smallest absolute Gasteiger partial charge is 0.448 e. The molecule has 0 heterocycles. The van der Waals surface area contributed by atoms with E-state index in [9.17, 15) is 18.0 Å². The number of carboxylic acid groups (broad SMARTS) is 1. The second-order valence-electron chi connectivity index (χ2n) is 6.57. The molecule has 0 aromatic carbocycles. The standard InChI is InChI=1S/C12H22.C4H6O7S/c1-3-7-11(8-4-1)12-9-5-2-6-10-12;5-3(6)1-2-4(7)11-12(8,9)10/h11-12H,1-10H2;1-2H2,(H,5,6)(H,8,9,10). The Hall–Kier alpha value is -1.15. The van der Waals surface area contributed by atoms with Crippen LogP contribution in [0.25, 0.3) is 0 Å². The lowest BCUT2D eigenvalue weighted by atomic mass is 9.73. The summed E-state index contributed by atoms with van der Waals surface area (Å²) in [6, 6.07) is 0. The lowest BCUT2D eigenvalue weighted by molar-refractivity contribution is -0.142. The van der Waals surface area contributed by atoms with Crippen LogP contribution in [0.15, 0.2) is 0 Å². The van der Waals surface area contributed by atoms with Crippen LogP contribution in [0.2, 0.25) is 0 Å². The van der Waals surface area contributed by atoms with Gasteiger partial charge in [-0.05, 0) is 11.8 Å². The molecule has 2 N–H and O–H groups in total. The van der Waals surface area contributed by atoms with Gasteiger partial charge in [0.1, 0.15) is 0 Å². The zero-order valence-corrected chi connectivity index (χ0v) is 14.8. The first-order valence-electron chi connectivity index (χ1n) is 8.69. The van der Waals surface area contributed by atoms with Gasteiger partial charge in [-0.2, -0.15) is 8.42 Å². The minimum atomic E-state index is -4.81. The Morgan fingerprint density at radius 3 is 1.58 bits per heavy atom. The summed E-state index contributed by atoms with van der Waals surface area (Å²) < 4.78 is 31.1. The fraction of sp³-hybridized carbons (Fsp3) is 0.875. The summed E-state index contributed by atoms with van der Waals surface area (Å²) in [6.07, 6.45) is 14.2. The van der Waals surface area contributed by atoms with Gasteiger partial charge in [-0.3, -0.25) is 14.1 Å². The van der Waals surface area contributed by atoms with Crippen molar-refractivity contribution in [1.29, 1.82) is 0 Å². The van der Waals surface area contributed by atoms with Crippen molar-refractivity contribution in [3.63, 3.8) is 0 Å². The average Bonchev–Trinajstić information content (AvgIpc) is 2.54. The summed E-state index contributed by atoms with van der Waals surface area (Å²) in [5.74, 6) is -0.291. The largest absolute Gasteiger partial charge is 0.481 e. The lowest BCUT2D eigenvalue weighted by Crippen LogP contribution is -2.20. The highest BCUT2D eigenvalue weighted by molar-refractivity contribution is 7.81. The molecule has 0 saturated heterocycles. The van der Waals surface area contributed by atoms with E-state index in [2.05, 4.69) is 4.18 Å². The Bertz CT molecular complexity index is 473. The van der Waals surface area contributed by atoms with E-state index in [0.717, 1.165) is 11.8 Å². The van der Waals surface area contributed by atoms with Crippen LogP contribution in [0, 0.1) is 11.8 Å². The number of rotatable bonds is 5. The summed E-state index contributed by atoms with van der Waals surface area (Å²) >= 11 is 0. The van der Waals surface area contributed by atoms with Crippen LogP contribution in [-0.2, 0) is 24.2 Å². The summed E-state index contributed by atoms with van der Waals surface area (Å²) in [4.78, 5) is 20.2. The third kappa shape index (κ3) is 9.87. The molecular weight excluding hydrogens is 336 g/mol. The van der Waals surface area contributed by atoms with Crippen LogP contribution >= 0.6 is 0 Å². The van der Waals surface area contributed by atoms with Crippen molar-refractivity contribution in [2.45, 2.75) is 77.0 Å². The Kier molecular flexibility index (Phi) is 9.28. The topological polar surface area (TPSA) is 118 Å². The number of carbonyl (C=O) groups is 2. The fourth-order valence-corrected chi connectivity index (χ4v) is 3.90. The number of carboxylic acids is 1. The van der Waals surface area contributed by atoms with Crippen molar-refractivity contribution in [3.05, 3.63) is 0 Å². The first-order valence-corrected chi connectivity index (χ1v) is 10.1. The second kappa shape index (κ2) is 10.7. The Morgan fingerprint density at radius 1 is 0.833 bits per heavy atom. The molecule has 24 heavy (non-hydrogen) atoms. The fourth-order valence-electron chi connectivity index (χ4n) is 3.58. The monoisotopic (exact) mass is 364 g/mol. The van der Waals surface area contributed by atoms with Crippen LogP contribution < -0.4 is 0 Å². The number of hydrogen-bond donors (Lipinski definition) is 2. The Balaban J connectivity index is 0.000000240. The van der Waals surface area contributed by atoms with E-state index in [1.165, 1.54) is 38.5 Å². The van der Waals surface area contributed by atoms with Gasteiger partial charge in [0.05, 0.1) is 12.8 Å². The van der Waals surface area contributed by atoms with E-state index in [1.54, 1.807) is 25.7 Å². The predicted molar refractivity (Wildman–Crippen MR) is 87.7 cm³/mol. The van der Waals surface area contributed by atoms with Crippen molar-refractivity contribution >= 4 is 22.3 Å². The first kappa shape index (κ1) is 20.9. The molecule has 140 valence electrons. The van der Waals surface area contributed by atoms with Gasteiger partial charge in [0.15, 0.2) is 0 Å². The van der Waals surface area contributed by atoms with E-state index in [-0.39, 0.29) is 0 Å². The summed E-state index contributed by atoms with van der Waals surface area (Å²) in [5.41, 5.74) is 0. The molecule has 2 saturated carbocycles. The average molecular weight is 364 g/mol. The van der Waals surface area contributed by atoms with E-state index in [0.29, 0.717) is 0 Å². The number of aliphatic carboxylic acids is 1. The Morgan fingerprint density at radius 2 is 1.25 bits per heavy atom. The summed E-state index contributed by atoms with van der Waals surface area (Å²) in [7, 11) is -4.81. The molecule has 0 aromatic heterocycles. The van der Waals surface area contributed by atoms with Crippen LogP contribution in [0.5, 0.6) is 0 Å². The zero-order valence-electron chi connectivity index (χ0n) is 14.0. The molecule has 7 nitrogen and oxygen atoms in total. The molecule has 0 aromatic rings. The van der Waals surface area contributed by atoms with Crippen molar-refractivity contribution in [2.24, 2.45) is 11.8 Å². The SMILES string of the molecule is C1CCC(C2CCCCC2)CC1.O=C(O)CCC(=O)OS(=O)(=O)O. The highest BCUT2D eigenvalue weighted by Crippen LogP contribution is 2.37. The van der Waals surface area contributed by atoms with Crippen molar-refractivity contribution in [1.82, 2.24) is 0 Å². The highest BCUT2D eigenvalue weighted by atomic mass is 32.3. The van der Waals surface area contributed by atoms with Gasteiger partial charge < -0.3 is 9.29 Å². The molecule has 0 bridgehead atoms. The third-order valence-corrected chi connectivity index (χ3v) is 5.10. The van der Waals surface area contributed by atoms with Gasteiger partial charge in [-0.15, -0.1) is 0 Å². The molecule has 2 aliphatic rings. The van der Waals surface area contributed by atoms with E-state index >= 15 is 0 Å². The second-order valence-corrected chi connectivity index (χ2v) is 7.60. The molecule has 2 fully saturated rings. The van der Waals surface area contributed by atoms with Gasteiger partial charge >= 0.3 is 22.3 Å². The summed E-state index contributed by atoms with van der Waals surface area (Å²) in [6.45, 7) is 0. The van der Waals surface area contributed by atoms with E-state index < -0.39 is 35.2 Å². The van der Waals surface area contributed by atoms with Crippen molar-refractivity contribution in [3.8, 4) is 0 Å². The lowest BCUT2D eigenvalue weighted by Gasteiger charge is -2.32. The number of hydrogen-bond acceptors (Lipinski definition) is 5. The van der Waals surface area contributed by atoms with Gasteiger partial charge in [0.25, 0.3) is 0 Å².